The van der Waals surface area contributed by atoms with Crippen LogP contribution in [0, 0.1) is 0 Å². The molecule has 0 aliphatic carbocycles. The number of pyridine rings is 1. The highest BCUT2D eigenvalue weighted by molar-refractivity contribution is 9.10. The third kappa shape index (κ3) is 3.56. The number of nitrogens with zero attached hydrogens (tertiary/aromatic N) is 2. The standard InChI is InChI=1S/C17H13BrN2O3S2/c1-22-13-6-10(12(18)8-14(13)23-2)7-15-16(21)20(17(24)25-15)11-4-3-5-19-9-11/h3-9H,1-2H3/b15-7-. The lowest BCUT2D eigenvalue weighted by Gasteiger charge is -2.13. The average molecular weight is 437 g/mol. The fourth-order valence-electron chi connectivity index (χ4n) is 2.30. The highest BCUT2D eigenvalue weighted by atomic mass is 79.9. The molecule has 1 aromatic carbocycles. The van der Waals surface area contributed by atoms with Crippen molar-refractivity contribution < 1.29 is 14.3 Å². The van der Waals surface area contributed by atoms with Crippen molar-refractivity contribution in [3.63, 3.8) is 0 Å². The van der Waals surface area contributed by atoms with Crippen molar-refractivity contribution >= 4 is 61.9 Å². The average Bonchev–Trinajstić information content (AvgIpc) is 2.90. The van der Waals surface area contributed by atoms with Gasteiger partial charge in [0, 0.05) is 10.7 Å². The van der Waals surface area contributed by atoms with Gasteiger partial charge in [0.05, 0.1) is 31.0 Å². The number of thioether (sulfide) groups is 1. The molecular weight excluding hydrogens is 424 g/mol. The Morgan fingerprint density at radius 1 is 1.28 bits per heavy atom. The van der Waals surface area contributed by atoms with Crippen LogP contribution >= 0.6 is 39.9 Å². The summed E-state index contributed by atoms with van der Waals surface area (Å²) in [5.74, 6) is 1.01. The van der Waals surface area contributed by atoms with Crippen LogP contribution in [0.5, 0.6) is 11.5 Å². The minimum Gasteiger partial charge on any atom is -0.493 e. The Bertz CT molecular complexity index is 872. The molecule has 5 nitrogen and oxygen atoms in total. The quantitative estimate of drug-likeness (QED) is 0.526. The van der Waals surface area contributed by atoms with Gasteiger partial charge in [-0.15, -0.1) is 0 Å². The number of amides is 1. The van der Waals surface area contributed by atoms with E-state index in [-0.39, 0.29) is 5.91 Å². The number of rotatable bonds is 4. The first kappa shape index (κ1) is 17.9. The van der Waals surface area contributed by atoms with Gasteiger partial charge in [-0.25, -0.2) is 0 Å². The Balaban J connectivity index is 1.98. The Kier molecular flexibility index (Phi) is 5.41. The Morgan fingerprint density at radius 3 is 2.64 bits per heavy atom. The number of thiocarbonyl (C=S) groups is 1. The van der Waals surface area contributed by atoms with Crippen LogP contribution in [0.1, 0.15) is 5.56 Å². The lowest BCUT2D eigenvalue weighted by atomic mass is 10.2. The topological polar surface area (TPSA) is 51.7 Å². The van der Waals surface area contributed by atoms with E-state index < -0.39 is 0 Å². The number of carbonyl (C=O) groups is 1. The number of ether oxygens (including phenoxy) is 2. The number of anilines is 1. The molecular formula is C17H13BrN2O3S2. The zero-order valence-electron chi connectivity index (χ0n) is 13.4. The molecule has 25 heavy (non-hydrogen) atoms. The van der Waals surface area contributed by atoms with Crippen molar-refractivity contribution in [3.8, 4) is 11.5 Å². The van der Waals surface area contributed by atoms with Crippen LogP contribution in [0.15, 0.2) is 46.0 Å². The van der Waals surface area contributed by atoms with Crippen LogP contribution in [-0.4, -0.2) is 29.4 Å². The Labute approximate surface area is 163 Å². The predicted molar refractivity (Wildman–Crippen MR) is 107 cm³/mol. The molecule has 3 rings (SSSR count). The molecule has 2 aromatic rings. The lowest BCUT2D eigenvalue weighted by Crippen LogP contribution is -2.27. The smallest absolute Gasteiger partial charge is 0.270 e. The van der Waals surface area contributed by atoms with Crippen LogP contribution in [-0.2, 0) is 4.79 Å². The van der Waals surface area contributed by atoms with E-state index in [0.717, 1.165) is 10.0 Å². The van der Waals surface area contributed by atoms with E-state index in [4.69, 9.17) is 21.7 Å². The Hall–Kier alpha value is -1.90. The van der Waals surface area contributed by atoms with E-state index in [1.54, 1.807) is 57.0 Å². The van der Waals surface area contributed by atoms with E-state index in [9.17, 15) is 4.79 Å². The van der Waals surface area contributed by atoms with Gasteiger partial charge in [-0.05, 0) is 35.9 Å². The van der Waals surface area contributed by atoms with Gasteiger partial charge in [0.1, 0.15) is 0 Å². The largest absolute Gasteiger partial charge is 0.493 e. The summed E-state index contributed by atoms with van der Waals surface area (Å²) < 4.78 is 11.9. The summed E-state index contributed by atoms with van der Waals surface area (Å²) in [6.07, 6.45) is 5.04. The summed E-state index contributed by atoms with van der Waals surface area (Å²) >= 11 is 10.1. The molecule has 0 radical (unpaired) electrons. The normalized spacial score (nSPS) is 15.8. The van der Waals surface area contributed by atoms with Crippen molar-refractivity contribution in [2.75, 3.05) is 19.1 Å². The van der Waals surface area contributed by atoms with Crippen molar-refractivity contribution in [2.45, 2.75) is 0 Å². The molecule has 1 aromatic heterocycles. The highest BCUT2D eigenvalue weighted by Crippen LogP contribution is 2.39. The SMILES string of the molecule is COc1cc(Br)c(/C=C2\SC(=S)N(c3cccnc3)C2=O)cc1OC. The number of hydrogen-bond acceptors (Lipinski definition) is 6. The molecule has 1 amide bonds. The third-order valence-corrected chi connectivity index (χ3v) is 5.48. The number of benzene rings is 1. The molecule has 0 spiro atoms. The zero-order chi connectivity index (χ0) is 18.0. The maximum atomic E-state index is 12.8. The summed E-state index contributed by atoms with van der Waals surface area (Å²) in [6, 6.07) is 7.17. The first-order chi connectivity index (χ1) is 12.0. The molecule has 1 aliphatic rings. The zero-order valence-corrected chi connectivity index (χ0v) is 16.6. The second kappa shape index (κ2) is 7.55. The Morgan fingerprint density at radius 2 is 2.00 bits per heavy atom. The van der Waals surface area contributed by atoms with Crippen LogP contribution in [0.3, 0.4) is 0 Å². The van der Waals surface area contributed by atoms with E-state index in [0.29, 0.717) is 26.4 Å². The van der Waals surface area contributed by atoms with Gasteiger partial charge >= 0.3 is 0 Å². The minimum atomic E-state index is -0.176. The predicted octanol–water partition coefficient (Wildman–Crippen LogP) is 4.27. The third-order valence-electron chi connectivity index (χ3n) is 3.49. The second-order valence-electron chi connectivity index (χ2n) is 4.96. The number of aromatic nitrogens is 1. The summed E-state index contributed by atoms with van der Waals surface area (Å²) in [7, 11) is 3.14. The maximum absolute atomic E-state index is 12.8. The van der Waals surface area contributed by atoms with Crippen LogP contribution in [0.4, 0.5) is 5.69 Å². The molecule has 2 heterocycles. The first-order valence-corrected chi connectivity index (χ1v) is 9.16. The molecule has 128 valence electrons. The summed E-state index contributed by atoms with van der Waals surface area (Å²) in [6.45, 7) is 0. The van der Waals surface area contributed by atoms with Crippen LogP contribution < -0.4 is 14.4 Å². The highest BCUT2D eigenvalue weighted by Gasteiger charge is 2.33. The number of carbonyl (C=O) groups excluding carboxylic acids is 1. The number of methoxy groups -OCH3 is 2. The molecule has 1 fully saturated rings. The molecule has 0 unspecified atom stereocenters. The van der Waals surface area contributed by atoms with Gasteiger partial charge in [-0.2, -0.15) is 0 Å². The van der Waals surface area contributed by atoms with Crippen LogP contribution in [0.2, 0.25) is 0 Å². The van der Waals surface area contributed by atoms with E-state index in [2.05, 4.69) is 20.9 Å². The van der Waals surface area contributed by atoms with Gasteiger partial charge in [-0.1, -0.05) is 39.9 Å². The summed E-state index contributed by atoms with van der Waals surface area (Å²) in [5, 5.41) is 0. The maximum Gasteiger partial charge on any atom is 0.270 e. The van der Waals surface area contributed by atoms with Crippen molar-refractivity contribution in [1.29, 1.82) is 0 Å². The minimum absolute atomic E-state index is 0.176. The van der Waals surface area contributed by atoms with Crippen molar-refractivity contribution in [1.82, 2.24) is 4.98 Å². The van der Waals surface area contributed by atoms with Crippen molar-refractivity contribution in [3.05, 3.63) is 51.6 Å². The number of halogens is 1. The van der Waals surface area contributed by atoms with Crippen LogP contribution in [0.25, 0.3) is 6.08 Å². The summed E-state index contributed by atoms with van der Waals surface area (Å²) in [5.41, 5.74) is 1.45. The van der Waals surface area contributed by atoms with Gasteiger partial charge in [0.15, 0.2) is 15.8 Å². The van der Waals surface area contributed by atoms with Gasteiger partial charge in [-0.3, -0.25) is 14.7 Å². The van der Waals surface area contributed by atoms with E-state index in [1.165, 1.54) is 16.7 Å². The fraction of sp³-hybridized carbons (Fsp3) is 0.118. The molecule has 0 saturated carbocycles. The van der Waals surface area contributed by atoms with Gasteiger partial charge < -0.3 is 9.47 Å². The molecule has 0 atom stereocenters. The summed E-state index contributed by atoms with van der Waals surface area (Å²) in [4.78, 5) is 18.8. The number of hydrogen-bond donors (Lipinski definition) is 0. The molecule has 1 aliphatic heterocycles. The van der Waals surface area contributed by atoms with Crippen molar-refractivity contribution in [2.24, 2.45) is 0 Å². The molecule has 8 heteroatoms. The first-order valence-electron chi connectivity index (χ1n) is 7.14. The fourth-order valence-corrected chi connectivity index (χ4v) is 4.02. The van der Waals surface area contributed by atoms with E-state index >= 15 is 0 Å². The lowest BCUT2D eigenvalue weighted by molar-refractivity contribution is -0.113. The second-order valence-corrected chi connectivity index (χ2v) is 7.49. The van der Waals surface area contributed by atoms with Gasteiger partial charge in [0.25, 0.3) is 5.91 Å². The molecule has 0 bridgehead atoms. The molecule has 0 N–H and O–H groups in total. The van der Waals surface area contributed by atoms with E-state index in [1.807, 2.05) is 0 Å². The van der Waals surface area contributed by atoms with Gasteiger partial charge in [0.2, 0.25) is 0 Å². The molecule has 1 saturated heterocycles. The monoisotopic (exact) mass is 436 g/mol.